The molecule has 2 aromatic carbocycles. The molecule has 0 spiro atoms. The average molecular weight is 564 g/mol. The van der Waals surface area contributed by atoms with Gasteiger partial charge >= 0.3 is 12.0 Å². The highest BCUT2D eigenvalue weighted by Crippen LogP contribution is 2.34. The number of carbonyl (C=O) groups is 3. The smallest absolute Gasteiger partial charge is 0.337 e. The van der Waals surface area contributed by atoms with Gasteiger partial charge < -0.3 is 29.4 Å². The van der Waals surface area contributed by atoms with E-state index in [1.165, 1.54) is 32.6 Å². The van der Waals surface area contributed by atoms with E-state index in [0.717, 1.165) is 22.6 Å². The number of benzene rings is 2. The topological polar surface area (TPSA) is 132 Å². The monoisotopic (exact) mass is 563 g/mol. The van der Waals surface area contributed by atoms with Gasteiger partial charge in [0.25, 0.3) is 5.91 Å². The Hall–Kier alpha value is -5.13. The van der Waals surface area contributed by atoms with Crippen molar-refractivity contribution in [3.05, 3.63) is 88.1 Å². The van der Waals surface area contributed by atoms with Crippen LogP contribution in [0.4, 0.5) is 9.18 Å². The SMILES string of the molecule is COC(=O)C1=C(C)NC(=O)N[C@@H]1c1ccc(OCC(=O)N/N=C\c2cc(C)n(-c3ccc(F)cc3)c2C)c(OC)c1. The number of aromatic nitrogens is 1. The second kappa shape index (κ2) is 12.4. The van der Waals surface area contributed by atoms with E-state index in [9.17, 15) is 18.8 Å². The first-order valence-corrected chi connectivity index (χ1v) is 12.6. The zero-order chi connectivity index (χ0) is 29.7. The predicted octanol–water partition coefficient (Wildman–Crippen LogP) is 3.57. The van der Waals surface area contributed by atoms with Crippen molar-refractivity contribution >= 4 is 24.1 Å². The highest BCUT2D eigenvalue weighted by Gasteiger charge is 2.32. The molecule has 0 unspecified atom stereocenters. The molecule has 0 bridgehead atoms. The number of hydrogen-bond acceptors (Lipinski definition) is 7. The summed E-state index contributed by atoms with van der Waals surface area (Å²) in [4.78, 5) is 36.8. The number of nitrogens with zero attached hydrogens (tertiary/aromatic N) is 2. The molecule has 1 aliphatic rings. The minimum atomic E-state index is -0.776. The highest BCUT2D eigenvalue weighted by molar-refractivity contribution is 5.95. The lowest BCUT2D eigenvalue weighted by atomic mass is 9.95. The van der Waals surface area contributed by atoms with Gasteiger partial charge in [-0.05, 0) is 68.8 Å². The van der Waals surface area contributed by atoms with Crippen molar-refractivity contribution in [1.29, 1.82) is 0 Å². The number of hydrogen-bond donors (Lipinski definition) is 3. The van der Waals surface area contributed by atoms with Crippen molar-refractivity contribution in [2.75, 3.05) is 20.8 Å². The first-order valence-electron chi connectivity index (χ1n) is 12.6. The minimum Gasteiger partial charge on any atom is -0.493 e. The third-order valence-corrected chi connectivity index (χ3v) is 6.50. The number of hydrazone groups is 1. The molecule has 2 heterocycles. The number of urea groups is 1. The summed E-state index contributed by atoms with van der Waals surface area (Å²) in [5, 5.41) is 9.31. The molecule has 0 aliphatic carbocycles. The van der Waals surface area contributed by atoms with E-state index in [1.807, 2.05) is 24.5 Å². The van der Waals surface area contributed by atoms with Gasteiger partial charge in [0, 0.05) is 28.3 Å². The van der Waals surface area contributed by atoms with Gasteiger partial charge in [-0.1, -0.05) is 6.07 Å². The van der Waals surface area contributed by atoms with E-state index in [2.05, 4.69) is 21.2 Å². The number of carbonyl (C=O) groups excluding carboxylic acids is 3. The van der Waals surface area contributed by atoms with Crippen LogP contribution in [0.5, 0.6) is 11.5 Å². The lowest BCUT2D eigenvalue weighted by molar-refractivity contribution is -0.136. The zero-order valence-electron chi connectivity index (χ0n) is 23.2. The Morgan fingerprint density at radius 3 is 2.49 bits per heavy atom. The normalized spacial score (nSPS) is 14.9. The number of amides is 3. The van der Waals surface area contributed by atoms with Gasteiger partial charge in [0.2, 0.25) is 0 Å². The molecule has 1 aliphatic heterocycles. The second-order valence-corrected chi connectivity index (χ2v) is 9.19. The molecule has 4 rings (SSSR count). The molecular formula is C29H30FN5O6. The van der Waals surface area contributed by atoms with Crippen LogP contribution < -0.4 is 25.5 Å². The Morgan fingerprint density at radius 1 is 1.07 bits per heavy atom. The largest absolute Gasteiger partial charge is 0.493 e. The summed E-state index contributed by atoms with van der Waals surface area (Å²) < 4.78 is 31.2. The molecule has 1 aromatic heterocycles. The highest BCUT2D eigenvalue weighted by atomic mass is 19.1. The zero-order valence-corrected chi connectivity index (χ0v) is 23.2. The van der Waals surface area contributed by atoms with Gasteiger partial charge in [-0.2, -0.15) is 5.10 Å². The van der Waals surface area contributed by atoms with Crippen LogP contribution in [-0.2, 0) is 14.3 Å². The van der Waals surface area contributed by atoms with Crippen LogP contribution in [0.15, 0.2) is 64.9 Å². The fraction of sp³-hybridized carbons (Fsp3) is 0.241. The number of aryl methyl sites for hydroxylation is 1. The molecule has 3 aromatic rings. The summed E-state index contributed by atoms with van der Waals surface area (Å²) in [7, 11) is 2.69. The van der Waals surface area contributed by atoms with Crippen molar-refractivity contribution in [3.8, 4) is 17.2 Å². The second-order valence-electron chi connectivity index (χ2n) is 9.19. The molecule has 41 heavy (non-hydrogen) atoms. The standard InChI is InChI=1S/C29H30FN5O6/c1-16-12-20(18(3)35(16)22-9-7-21(30)8-10-22)14-31-34-25(36)15-41-23-11-6-19(13-24(23)39-4)27-26(28(37)40-5)17(2)32-29(38)33-27/h6-14,27H,15H2,1-5H3,(H,34,36)(H2,32,33,38)/b31-14-/t27-/m1/s1. The molecule has 0 radical (unpaired) electrons. The number of nitrogens with one attached hydrogen (secondary N) is 3. The minimum absolute atomic E-state index is 0.249. The number of rotatable bonds is 9. The van der Waals surface area contributed by atoms with E-state index < -0.39 is 23.9 Å². The Kier molecular flexibility index (Phi) is 8.71. The summed E-state index contributed by atoms with van der Waals surface area (Å²) in [6.07, 6.45) is 1.53. The van der Waals surface area contributed by atoms with Crippen LogP contribution in [-0.4, -0.2) is 49.5 Å². The van der Waals surface area contributed by atoms with Gasteiger partial charge in [0.15, 0.2) is 18.1 Å². The molecule has 0 saturated carbocycles. The Labute approximate surface area is 236 Å². The van der Waals surface area contributed by atoms with Crippen LogP contribution in [0, 0.1) is 19.7 Å². The van der Waals surface area contributed by atoms with Crippen LogP contribution >= 0.6 is 0 Å². The third-order valence-electron chi connectivity index (χ3n) is 6.50. The summed E-state index contributed by atoms with van der Waals surface area (Å²) >= 11 is 0. The predicted molar refractivity (Wildman–Crippen MR) is 149 cm³/mol. The fourth-order valence-corrected chi connectivity index (χ4v) is 4.56. The number of esters is 1. The summed E-state index contributed by atoms with van der Waals surface area (Å²) in [5.41, 5.74) is 7.00. The van der Waals surface area contributed by atoms with Crippen molar-refractivity contribution in [2.45, 2.75) is 26.8 Å². The number of ether oxygens (including phenoxy) is 3. The van der Waals surface area contributed by atoms with Gasteiger partial charge in [-0.3, -0.25) is 4.79 Å². The quantitative estimate of drug-likeness (QED) is 0.207. The van der Waals surface area contributed by atoms with E-state index in [4.69, 9.17) is 14.2 Å². The van der Waals surface area contributed by atoms with Crippen molar-refractivity contribution < 1.29 is 33.0 Å². The summed E-state index contributed by atoms with van der Waals surface area (Å²) in [6, 6.07) is 11.7. The van der Waals surface area contributed by atoms with E-state index in [1.54, 1.807) is 37.3 Å². The van der Waals surface area contributed by atoms with Crippen molar-refractivity contribution in [3.63, 3.8) is 0 Å². The molecule has 11 nitrogen and oxygen atoms in total. The van der Waals surface area contributed by atoms with Crippen LogP contribution in [0.3, 0.4) is 0 Å². The van der Waals surface area contributed by atoms with E-state index in [-0.39, 0.29) is 23.7 Å². The maximum atomic E-state index is 13.3. The molecule has 3 N–H and O–H groups in total. The maximum absolute atomic E-state index is 13.3. The van der Waals surface area contributed by atoms with Crippen molar-refractivity contribution in [2.24, 2.45) is 5.10 Å². The molecule has 12 heteroatoms. The first kappa shape index (κ1) is 28.9. The Bertz CT molecular complexity index is 1540. The van der Waals surface area contributed by atoms with E-state index in [0.29, 0.717) is 17.0 Å². The fourth-order valence-electron chi connectivity index (χ4n) is 4.56. The Balaban J connectivity index is 1.41. The Morgan fingerprint density at radius 2 is 1.80 bits per heavy atom. The lowest BCUT2D eigenvalue weighted by Gasteiger charge is -2.28. The molecule has 1 atom stereocenters. The van der Waals surface area contributed by atoms with E-state index >= 15 is 0 Å². The maximum Gasteiger partial charge on any atom is 0.337 e. The number of halogens is 1. The molecular weight excluding hydrogens is 533 g/mol. The van der Waals surface area contributed by atoms with Gasteiger partial charge in [0.1, 0.15) is 5.82 Å². The van der Waals surface area contributed by atoms with Gasteiger partial charge in [-0.25, -0.2) is 19.4 Å². The lowest BCUT2D eigenvalue weighted by Crippen LogP contribution is -2.45. The molecule has 0 fully saturated rings. The molecule has 3 amide bonds. The first-order chi connectivity index (χ1) is 19.6. The number of allylic oxidation sites excluding steroid dienone is 1. The van der Waals surface area contributed by atoms with Crippen molar-refractivity contribution in [1.82, 2.24) is 20.6 Å². The van der Waals surface area contributed by atoms with Crippen LogP contribution in [0.1, 0.15) is 35.5 Å². The number of methoxy groups -OCH3 is 2. The average Bonchev–Trinajstić information content (AvgIpc) is 3.23. The van der Waals surface area contributed by atoms with Crippen LogP contribution in [0.2, 0.25) is 0 Å². The molecule has 214 valence electrons. The van der Waals surface area contributed by atoms with Crippen LogP contribution in [0.25, 0.3) is 5.69 Å². The summed E-state index contributed by atoms with van der Waals surface area (Å²) in [6.45, 7) is 5.08. The van der Waals surface area contributed by atoms with Gasteiger partial charge in [-0.15, -0.1) is 0 Å². The van der Waals surface area contributed by atoms with Gasteiger partial charge in [0.05, 0.1) is 32.0 Å². The summed E-state index contributed by atoms with van der Waals surface area (Å²) in [5.74, 6) is -0.835. The third kappa shape index (κ3) is 6.38. The molecule has 0 saturated heterocycles.